The molecule has 0 aromatic rings. The number of alkyl halides is 3. The van der Waals surface area contributed by atoms with Crippen LogP contribution in [-0.2, 0) is 4.74 Å². The Hall–Kier alpha value is 1.29. The van der Waals surface area contributed by atoms with Crippen molar-refractivity contribution < 1.29 is 84.4 Å². The average molecular weight is 255 g/mol. The van der Waals surface area contributed by atoms with E-state index in [1.165, 1.54) is 0 Å². The molecule has 0 aromatic carbocycles. The van der Waals surface area contributed by atoms with Gasteiger partial charge in [-0.2, -0.15) is 8.78 Å². The van der Waals surface area contributed by atoms with Crippen molar-refractivity contribution in [1.82, 2.24) is 4.90 Å². The topological polar surface area (TPSA) is 73.2 Å². The first-order valence-electron chi connectivity index (χ1n) is 3.54. The predicted molar refractivity (Wildman–Crippen MR) is 40.3 cm³/mol. The normalized spacial score (nSPS) is 24.6. The van der Waals surface area contributed by atoms with E-state index >= 15 is 0 Å². The largest absolute Gasteiger partial charge is 1.00 e. The summed E-state index contributed by atoms with van der Waals surface area (Å²) in [6, 6.07) is 0. The fraction of sp³-hybridized carbons (Fsp3) is 0.800. The molecule has 0 aromatic heterocycles. The van der Waals surface area contributed by atoms with Gasteiger partial charge in [-0.05, 0) is 6.54 Å². The second-order valence-electron chi connectivity index (χ2n) is 2.40. The second-order valence-corrected chi connectivity index (χ2v) is 2.40. The molecule has 1 saturated heterocycles. The van der Waals surface area contributed by atoms with Gasteiger partial charge in [0.25, 0.3) is 0 Å². The molecule has 1 unspecified atom stereocenters. The Balaban J connectivity index is 0. The molecule has 1 atom stereocenters. The van der Waals surface area contributed by atoms with Gasteiger partial charge in [-0.15, -0.1) is 0 Å². The summed E-state index contributed by atoms with van der Waals surface area (Å²) in [5.41, 5.74) is 0. The first kappa shape index (κ1) is 18.7. The van der Waals surface area contributed by atoms with Crippen molar-refractivity contribution >= 4 is 7.32 Å². The molecule has 0 spiro atoms. The third-order valence-electron chi connectivity index (χ3n) is 1.27. The van der Waals surface area contributed by atoms with Crippen LogP contribution in [0, 0.1) is 7.05 Å². The Morgan fingerprint density at radius 2 is 1.80 bits per heavy atom. The van der Waals surface area contributed by atoms with Crippen molar-refractivity contribution in [2.75, 3.05) is 13.2 Å². The maximum Gasteiger partial charge on any atom is 1.00 e. The van der Waals surface area contributed by atoms with Gasteiger partial charge in [-0.3, -0.25) is 7.05 Å². The molecule has 3 N–H and O–H groups in total. The van der Waals surface area contributed by atoms with Crippen molar-refractivity contribution in [3.63, 3.8) is 0 Å². The van der Waals surface area contributed by atoms with Crippen LogP contribution >= 0.6 is 0 Å². The maximum absolute atomic E-state index is 12.3. The van der Waals surface area contributed by atoms with Crippen LogP contribution in [-0.4, -0.2) is 52.8 Å². The van der Waals surface area contributed by atoms with Gasteiger partial charge in [0.1, 0.15) is 0 Å². The Morgan fingerprint density at radius 3 is 2.07 bits per heavy atom. The molecule has 84 valence electrons. The quantitative estimate of drug-likeness (QED) is 0.233. The van der Waals surface area contributed by atoms with Gasteiger partial charge < -0.3 is 24.7 Å². The first-order valence-corrected chi connectivity index (χ1v) is 3.54. The molecule has 1 aliphatic rings. The van der Waals surface area contributed by atoms with E-state index in [4.69, 9.17) is 15.1 Å². The van der Waals surface area contributed by atoms with Crippen LogP contribution in [0.4, 0.5) is 13.2 Å². The summed E-state index contributed by atoms with van der Waals surface area (Å²) >= 11 is 0. The van der Waals surface area contributed by atoms with Crippen LogP contribution < -0.4 is 51.4 Å². The van der Waals surface area contributed by atoms with Gasteiger partial charge >= 0.3 is 64.8 Å². The molecule has 5 nitrogen and oxygen atoms in total. The summed E-state index contributed by atoms with van der Waals surface area (Å²) in [6.45, 7) is -0.0896. The van der Waals surface area contributed by atoms with E-state index in [2.05, 4.69) is 11.8 Å². The van der Waals surface area contributed by atoms with Crippen LogP contribution in [0.3, 0.4) is 0 Å². The second kappa shape index (κ2) is 8.39. The number of morpholine rings is 1. The molecule has 0 saturated carbocycles. The van der Waals surface area contributed by atoms with Crippen molar-refractivity contribution in [3.05, 3.63) is 7.05 Å². The summed E-state index contributed by atoms with van der Waals surface area (Å²) in [5.74, 6) is 0. The van der Waals surface area contributed by atoms with Crippen molar-refractivity contribution in [2.24, 2.45) is 0 Å². The van der Waals surface area contributed by atoms with Crippen LogP contribution in [0.2, 0.25) is 0 Å². The summed E-state index contributed by atoms with van der Waals surface area (Å²) in [4.78, 5) is 0.670. The monoisotopic (exact) mass is 255 g/mol. The molecule has 1 fully saturated rings. The molecule has 1 heterocycles. The minimum Gasteiger partial charge on any atom is -0.421 e. The summed E-state index contributed by atoms with van der Waals surface area (Å²) in [5, 5.41) is 21.5. The Labute approximate surface area is 128 Å². The molecular formula is C5H10BF3KNO4. The molecule has 0 bridgehead atoms. The van der Waals surface area contributed by atoms with Crippen molar-refractivity contribution in [2.45, 2.75) is 12.4 Å². The van der Waals surface area contributed by atoms with Gasteiger partial charge in [0.15, 0.2) is 0 Å². The number of halogens is 3. The third kappa shape index (κ3) is 8.07. The van der Waals surface area contributed by atoms with Gasteiger partial charge in [0.05, 0.1) is 6.61 Å². The summed E-state index contributed by atoms with van der Waals surface area (Å²) < 4.78 is 40.5. The molecule has 1 aliphatic heterocycles. The minimum absolute atomic E-state index is 0. The average Bonchev–Trinajstić information content (AvgIpc) is 1.99. The molecule has 15 heavy (non-hydrogen) atoms. The predicted octanol–water partition coefficient (Wildman–Crippen LogP) is -4.05. The Morgan fingerprint density at radius 1 is 1.40 bits per heavy atom. The molecule has 0 amide bonds. The number of hydrogen-bond acceptors (Lipinski definition) is 5. The van der Waals surface area contributed by atoms with Gasteiger partial charge in [0.2, 0.25) is 6.30 Å². The zero-order valence-corrected chi connectivity index (χ0v) is 11.2. The summed E-state index contributed by atoms with van der Waals surface area (Å²) in [7, 11) is 0.906. The molecule has 1 rings (SSSR count). The van der Waals surface area contributed by atoms with E-state index in [0.29, 0.717) is 4.90 Å². The van der Waals surface area contributed by atoms with Gasteiger partial charge in [0, 0.05) is 0 Å². The van der Waals surface area contributed by atoms with Crippen LogP contribution in [0.1, 0.15) is 0 Å². The number of ether oxygens (including phenoxy) is 1. The molecule has 0 aliphatic carbocycles. The Bertz CT molecular complexity index is 176. The number of nitrogens with zero attached hydrogens (tertiary/aromatic N) is 1. The standard InChI is InChI=1S/C5H7F3NO.BH3O3.K/c1-9-2-3-10-5(7,8)4(9)6;2-1(3)4;/h4H,1-3H2;2-4H;/q-1;;+1. The number of rotatable bonds is 0. The van der Waals surface area contributed by atoms with Crippen LogP contribution in [0.5, 0.6) is 0 Å². The third-order valence-corrected chi connectivity index (χ3v) is 1.27. The molecular weight excluding hydrogens is 245 g/mol. The van der Waals surface area contributed by atoms with Crippen LogP contribution in [0.15, 0.2) is 0 Å². The Kier molecular flexibility index (Phi) is 10.4. The van der Waals surface area contributed by atoms with Gasteiger partial charge in [-0.1, -0.05) is 0 Å². The molecule has 0 radical (unpaired) electrons. The van der Waals surface area contributed by atoms with E-state index in [1.54, 1.807) is 0 Å². The fourth-order valence-electron chi connectivity index (χ4n) is 0.694. The van der Waals surface area contributed by atoms with E-state index in [1.807, 2.05) is 0 Å². The minimum atomic E-state index is -3.69. The zero-order valence-electron chi connectivity index (χ0n) is 8.11. The van der Waals surface area contributed by atoms with E-state index in [-0.39, 0.29) is 64.5 Å². The van der Waals surface area contributed by atoms with Gasteiger partial charge in [-0.25, -0.2) is 4.39 Å². The zero-order chi connectivity index (χ0) is 11.4. The van der Waals surface area contributed by atoms with Crippen molar-refractivity contribution in [1.29, 1.82) is 0 Å². The fourth-order valence-corrected chi connectivity index (χ4v) is 0.694. The smallest absolute Gasteiger partial charge is 0.421 e. The SMILES string of the molecule is OB(O)O.[CH2-]N1CCOC(F)(F)C1F.[K+]. The van der Waals surface area contributed by atoms with E-state index in [0.717, 1.165) is 0 Å². The number of hydrogen-bond donors (Lipinski definition) is 3. The van der Waals surface area contributed by atoms with Crippen LogP contribution in [0.25, 0.3) is 0 Å². The first-order chi connectivity index (χ1) is 6.27. The summed E-state index contributed by atoms with van der Waals surface area (Å²) in [6.07, 6.45) is -6.11. The molecule has 10 heteroatoms. The maximum atomic E-state index is 12.3. The van der Waals surface area contributed by atoms with E-state index in [9.17, 15) is 13.2 Å². The van der Waals surface area contributed by atoms with Crippen molar-refractivity contribution in [3.8, 4) is 0 Å². The van der Waals surface area contributed by atoms with E-state index < -0.39 is 19.7 Å².